The zero-order valence-corrected chi connectivity index (χ0v) is 12.7. The van der Waals surface area contributed by atoms with Crippen LogP contribution in [0.15, 0.2) is 0 Å². The molecule has 0 aliphatic heterocycles. The maximum Gasteiger partial charge on any atom is 0.0664 e. The predicted molar refractivity (Wildman–Crippen MR) is 79.0 cm³/mol. The van der Waals surface area contributed by atoms with E-state index in [1.807, 2.05) is 0 Å². The SMILES string of the molecule is CCCC(O)CNC(C)C12CC3CC(CC(C3)C1)C2. The normalized spacial score (nSPS) is 43.4. The van der Waals surface area contributed by atoms with E-state index in [1.54, 1.807) is 0 Å². The van der Waals surface area contributed by atoms with E-state index >= 15 is 0 Å². The van der Waals surface area contributed by atoms with Gasteiger partial charge >= 0.3 is 0 Å². The molecule has 0 aromatic rings. The van der Waals surface area contributed by atoms with E-state index in [0.717, 1.165) is 37.1 Å². The Morgan fingerprint density at radius 3 is 2.11 bits per heavy atom. The summed E-state index contributed by atoms with van der Waals surface area (Å²) < 4.78 is 0. The van der Waals surface area contributed by atoms with Crippen molar-refractivity contribution in [3.05, 3.63) is 0 Å². The lowest BCUT2D eigenvalue weighted by Crippen LogP contribution is -2.55. The number of aliphatic hydroxyl groups excluding tert-OH is 1. The molecule has 2 unspecified atom stereocenters. The Kier molecular flexibility index (Phi) is 3.92. The maximum atomic E-state index is 9.92. The van der Waals surface area contributed by atoms with E-state index in [9.17, 15) is 5.11 Å². The molecule has 0 saturated heterocycles. The van der Waals surface area contributed by atoms with Gasteiger partial charge in [-0.15, -0.1) is 0 Å². The fraction of sp³-hybridized carbons (Fsp3) is 1.00. The summed E-state index contributed by atoms with van der Waals surface area (Å²) in [7, 11) is 0. The third-order valence-electron chi connectivity index (χ3n) is 6.29. The molecule has 0 spiro atoms. The molecule has 0 aromatic carbocycles. The Morgan fingerprint density at radius 2 is 1.63 bits per heavy atom. The summed E-state index contributed by atoms with van der Waals surface area (Å²) in [5, 5.41) is 13.6. The van der Waals surface area contributed by atoms with E-state index in [-0.39, 0.29) is 6.10 Å². The van der Waals surface area contributed by atoms with Crippen molar-refractivity contribution in [2.24, 2.45) is 23.2 Å². The average molecular weight is 265 g/mol. The van der Waals surface area contributed by atoms with Crippen molar-refractivity contribution in [2.75, 3.05) is 6.54 Å². The van der Waals surface area contributed by atoms with Crippen LogP contribution in [-0.2, 0) is 0 Å². The first-order valence-electron chi connectivity index (χ1n) is 8.52. The van der Waals surface area contributed by atoms with E-state index in [4.69, 9.17) is 0 Å². The van der Waals surface area contributed by atoms with E-state index in [2.05, 4.69) is 19.2 Å². The highest BCUT2D eigenvalue weighted by Gasteiger charge is 2.52. The first kappa shape index (κ1) is 13.9. The van der Waals surface area contributed by atoms with Gasteiger partial charge in [0.15, 0.2) is 0 Å². The van der Waals surface area contributed by atoms with Crippen LogP contribution in [-0.4, -0.2) is 23.8 Å². The first-order chi connectivity index (χ1) is 9.11. The van der Waals surface area contributed by atoms with Crippen molar-refractivity contribution in [1.29, 1.82) is 0 Å². The van der Waals surface area contributed by atoms with E-state index < -0.39 is 0 Å². The Morgan fingerprint density at radius 1 is 1.11 bits per heavy atom. The monoisotopic (exact) mass is 265 g/mol. The first-order valence-corrected chi connectivity index (χ1v) is 8.52. The summed E-state index contributed by atoms with van der Waals surface area (Å²) >= 11 is 0. The van der Waals surface area contributed by atoms with Gasteiger partial charge < -0.3 is 10.4 Å². The van der Waals surface area contributed by atoms with Crippen LogP contribution in [0.1, 0.15) is 65.2 Å². The second-order valence-corrected chi connectivity index (χ2v) is 7.85. The molecule has 2 atom stereocenters. The Hall–Kier alpha value is -0.0800. The second-order valence-electron chi connectivity index (χ2n) is 7.85. The molecule has 2 nitrogen and oxygen atoms in total. The minimum absolute atomic E-state index is 0.152. The molecule has 4 bridgehead atoms. The van der Waals surface area contributed by atoms with Crippen LogP contribution < -0.4 is 5.32 Å². The lowest BCUT2D eigenvalue weighted by atomic mass is 9.48. The second kappa shape index (κ2) is 5.37. The third-order valence-corrected chi connectivity index (χ3v) is 6.29. The number of aliphatic hydroxyl groups is 1. The molecule has 4 fully saturated rings. The van der Waals surface area contributed by atoms with Gasteiger partial charge in [0.1, 0.15) is 0 Å². The third kappa shape index (κ3) is 2.71. The van der Waals surface area contributed by atoms with Gasteiger partial charge in [-0.2, -0.15) is 0 Å². The van der Waals surface area contributed by atoms with Crippen LogP contribution in [0.3, 0.4) is 0 Å². The molecule has 19 heavy (non-hydrogen) atoms. The van der Waals surface area contributed by atoms with Crippen molar-refractivity contribution in [1.82, 2.24) is 5.32 Å². The molecular weight excluding hydrogens is 234 g/mol. The fourth-order valence-corrected chi connectivity index (χ4v) is 5.67. The zero-order valence-electron chi connectivity index (χ0n) is 12.7. The molecule has 0 amide bonds. The fourth-order valence-electron chi connectivity index (χ4n) is 5.67. The van der Waals surface area contributed by atoms with Gasteiger partial charge in [-0.05, 0) is 75.0 Å². The minimum atomic E-state index is -0.152. The highest BCUT2D eigenvalue weighted by molar-refractivity contribution is 5.05. The number of nitrogens with one attached hydrogen (secondary N) is 1. The summed E-state index contributed by atoms with van der Waals surface area (Å²) in [4.78, 5) is 0. The van der Waals surface area contributed by atoms with Crippen molar-refractivity contribution in [3.8, 4) is 0 Å². The molecule has 2 N–H and O–H groups in total. The Bertz CT molecular complexity index is 279. The van der Waals surface area contributed by atoms with Crippen molar-refractivity contribution >= 4 is 0 Å². The van der Waals surface area contributed by atoms with Gasteiger partial charge in [-0.1, -0.05) is 13.3 Å². The van der Waals surface area contributed by atoms with Gasteiger partial charge in [-0.25, -0.2) is 0 Å². The molecule has 2 heteroatoms. The summed E-state index contributed by atoms with van der Waals surface area (Å²) in [5.74, 6) is 3.07. The summed E-state index contributed by atoms with van der Waals surface area (Å²) in [5.41, 5.74) is 0.570. The molecule has 0 heterocycles. The smallest absolute Gasteiger partial charge is 0.0664 e. The molecule has 4 rings (SSSR count). The highest BCUT2D eigenvalue weighted by Crippen LogP contribution is 2.61. The van der Waals surface area contributed by atoms with Crippen LogP contribution >= 0.6 is 0 Å². The van der Waals surface area contributed by atoms with Crippen LogP contribution in [0.2, 0.25) is 0 Å². The molecule has 4 saturated carbocycles. The van der Waals surface area contributed by atoms with Gasteiger partial charge in [-0.3, -0.25) is 0 Å². The molecule has 0 radical (unpaired) electrons. The van der Waals surface area contributed by atoms with Crippen LogP contribution in [0.25, 0.3) is 0 Å². The standard InChI is InChI=1S/C17H31NO/c1-3-4-16(19)11-18-12(2)17-8-13-5-14(9-17)7-15(6-13)10-17/h12-16,18-19H,3-11H2,1-2H3. The van der Waals surface area contributed by atoms with Crippen molar-refractivity contribution in [3.63, 3.8) is 0 Å². The van der Waals surface area contributed by atoms with E-state index in [0.29, 0.717) is 11.5 Å². The number of hydrogen-bond donors (Lipinski definition) is 2. The predicted octanol–water partition coefficient (Wildman–Crippen LogP) is 3.34. The molecule has 0 aromatic heterocycles. The molecule has 110 valence electrons. The van der Waals surface area contributed by atoms with Gasteiger partial charge in [0.25, 0.3) is 0 Å². The summed E-state index contributed by atoms with van der Waals surface area (Å²) in [6, 6.07) is 0.590. The summed E-state index contributed by atoms with van der Waals surface area (Å²) in [6.07, 6.45) is 10.8. The number of rotatable bonds is 6. The molecular formula is C17H31NO. The van der Waals surface area contributed by atoms with Crippen molar-refractivity contribution < 1.29 is 5.11 Å². The van der Waals surface area contributed by atoms with Crippen LogP contribution in [0.4, 0.5) is 0 Å². The van der Waals surface area contributed by atoms with E-state index in [1.165, 1.54) is 38.5 Å². The maximum absolute atomic E-state index is 9.92. The zero-order chi connectivity index (χ0) is 13.5. The minimum Gasteiger partial charge on any atom is -0.392 e. The lowest BCUT2D eigenvalue weighted by Gasteiger charge is -2.59. The largest absolute Gasteiger partial charge is 0.392 e. The molecule has 4 aliphatic rings. The highest BCUT2D eigenvalue weighted by atomic mass is 16.3. The van der Waals surface area contributed by atoms with Gasteiger partial charge in [0.2, 0.25) is 0 Å². The topological polar surface area (TPSA) is 32.3 Å². The van der Waals surface area contributed by atoms with Crippen LogP contribution in [0.5, 0.6) is 0 Å². The number of hydrogen-bond acceptors (Lipinski definition) is 2. The quantitative estimate of drug-likeness (QED) is 0.772. The van der Waals surface area contributed by atoms with Gasteiger partial charge in [0, 0.05) is 12.6 Å². The van der Waals surface area contributed by atoms with Crippen LogP contribution in [0, 0.1) is 23.2 Å². The Balaban J connectivity index is 1.58. The lowest BCUT2D eigenvalue weighted by molar-refractivity contribution is -0.0716. The average Bonchev–Trinajstić information content (AvgIpc) is 2.34. The molecule has 4 aliphatic carbocycles. The summed E-state index contributed by atoms with van der Waals surface area (Å²) in [6.45, 7) is 5.31. The van der Waals surface area contributed by atoms with Gasteiger partial charge in [0.05, 0.1) is 6.10 Å². The Labute approximate surface area is 118 Å². The van der Waals surface area contributed by atoms with Crippen molar-refractivity contribution in [2.45, 2.75) is 77.4 Å².